The van der Waals surface area contributed by atoms with Gasteiger partial charge >= 0.3 is 0 Å². The second-order valence-electron chi connectivity index (χ2n) is 7.26. The molecule has 2 rings (SSSR count). The van der Waals surface area contributed by atoms with Gasteiger partial charge in [0, 0.05) is 44.3 Å². The largest absolute Gasteiger partial charge is 0.379 e. The Balaban J connectivity index is 1.96. The van der Waals surface area contributed by atoms with Crippen molar-refractivity contribution < 1.29 is 4.74 Å². The second-order valence-corrected chi connectivity index (χ2v) is 7.26. The van der Waals surface area contributed by atoms with Crippen molar-refractivity contribution in [3.8, 4) is 0 Å². The van der Waals surface area contributed by atoms with Crippen LogP contribution in [0, 0.1) is 5.41 Å². The maximum atomic E-state index is 6.25. The fourth-order valence-electron chi connectivity index (χ4n) is 3.93. The SMILES string of the molecule is CC(N)C(N1CCC(N2CCOCC2)C1)C(C)(C)C. The Kier molecular flexibility index (Phi) is 4.88. The van der Waals surface area contributed by atoms with Crippen LogP contribution in [0.1, 0.15) is 34.1 Å². The molecule has 0 radical (unpaired) electrons. The van der Waals surface area contributed by atoms with Crippen LogP contribution in [0.15, 0.2) is 0 Å². The summed E-state index contributed by atoms with van der Waals surface area (Å²) in [7, 11) is 0. The van der Waals surface area contributed by atoms with E-state index in [4.69, 9.17) is 10.5 Å². The van der Waals surface area contributed by atoms with Crippen molar-refractivity contribution in [2.24, 2.45) is 11.1 Å². The molecule has 2 N–H and O–H groups in total. The third-order valence-electron chi connectivity index (χ3n) is 4.54. The first-order valence-electron chi connectivity index (χ1n) is 7.71. The Labute approximate surface area is 118 Å². The molecule has 0 aliphatic carbocycles. The van der Waals surface area contributed by atoms with Crippen LogP contribution in [-0.4, -0.2) is 67.3 Å². The van der Waals surface area contributed by atoms with Gasteiger partial charge in [-0.25, -0.2) is 0 Å². The molecule has 0 bridgehead atoms. The molecule has 0 aromatic heterocycles. The summed E-state index contributed by atoms with van der Waals surface area (Å²) >= 11 is 0. The van der Waals surface area contributed by atoms with E-state index in [1.54, 1.807) is 0 Å². The van der Waals surface area contributed by atoms with Crippen molar-refractivity contribution in [3.05, 3.63) is 0 Å². The van der Waals surface area contributed by atoms with E-state index in [9.17, 15) is 0 Å². The Morgan fingerprint density at radius 1 is 1.16 bits per heavy atom. The maximum absolute atomic E-state index is 6.25. The van der Waals surface area contributed by atoms with Crippen molar-refractivity contribution in [1.29, 1.82) is 0 Å². The normalized spacial score (nSPS) is 30.5. The van der Waals surface area contributed by atoms with Crippen molar-refractivity contribution in [2.45, 2.75) is 52.2 Å². The summed E-state index contributed by atoms with van der Waals surface area (Å²) in [5.41, 5.74) is 6.50. The quantitative estimate of drug-likeness (QED) is 0.835. The van der Waals surface area contributed by atoms with Crippen molar-refractivity contribution in [3.63, 3.8) is 0 Å². The van der Waals surface area contributed by atoms with Gasteiger partial charge in [-0.3, -0.25) is 9.80 Å². The minimum Gasteiger partial charge on any atom is -0.379 e. The van der Waals surface area contributed by atoms with E-state index in [2.05, 4.69) is 37.5 Å². The molecule has 0 spiro atoms. The number of nitrogens with zero attached hydrogens (tertiary/aromatic N) is 2. The Hall–Kier alpha value is -0.160. The minimum absolute atomic E-state index is 0.225. The lowest BCUT2D eigenvalue weighted by molar-refractivity contribution is 0.0147. The van der Waals surface area contributed by atoms with Crippen LogP contribution in [0.5, 0.6) is 0 Å². The molecule has 4 nitrogen and oxygen atoms in total. The summed E-state index contributed by atoms with van der Waals surface area (Å²) in [6.45, 7) is 15.4. The fourth-order valence-corrected chi connectivity index (χ4v) is 3.93. The third-order valence-corrected chi connectivity index (χ3v) is 4.54. The predicted molar refractivity (Wildman–Crippen MR) is 79.3 cm³/mol. The average Bonchev–Trinajstić information content (AvgIpc) is 2.77. The molecule has 2 heterocycles. The van der Waals surface area contributed by atoms with Crippen LogP contribution in [0.4, 0.5) is 0 Å². The number of hydrogen-bond acceptors (Lipinski definition) is 4. The van der Waals surface area contributed by atoms with Crippen molar-refractivity contribution in [2.75, 3.05) is 39.4 Å². The highest BCUT2D eigenvalue weighted by molar-refractivity contribution is 4.95. The van der Waals surface area contributed by atoms with Gasteiger partial charge in [0.05, 0.1) is 13.2 Å². The molecule has 0 amide bonds. The number of morpholine rings is 1. The molecule has 0 aromatic carbocycles. The van der Waals surface area contributed by atoms with Crippen LogP contribution in [0.3, 0.4) is 0 Å². The van der Waals surface area contributed by atoms with Gasteiger partial charge in [-0.2, -0.15) is 0 Å². The second kappa shape index (κ2) is 6.08. The van der Waals surface area contributed by atoms with E-state index < -0.39 is 0 Å². The highest BCUT2D eigenvalue weighted by atomic mass is 16.5. The van der Waals surface area contributed by atoms with Gasteiger partial charge in [0.1, 0.15) is 0 Å². The van der Waals surface area contributed by atoms with Gasteiger partial charge < -0.3 is 10.5 Å². The summed E-state index contributed by atoms with van der Waals surface area (Å²) in [5, 5.41) is 0. The topological polar surface area (TPSA) is 41.7 Å². The van der Waals surface area contributed by atoms with Gasteiger partial charge in [-0.15, -0.1) is 0 Å². The Morgan fingerprint density at radius 3 is 2.32 bits per heavy atom. The summed E-state index contributed by atoms with van der Waals surface area (Å²) in [6.07, 6.45) is 1.28. The molecule has 19 heavy (non-hydrogen) atoms. The first-order valence-corrected chi connectivity index (χ1v) is 7.71. The van der Waals surface area contributed by atoms with Gasteiger partial charge in [0.2, 0.25) is 0 Å². The summed E-state index contributed by atoms with van der Waals surface area (Å²) in [6, 6.07) is 1.40. The molecule has 3 unspecified atom stereocenters. The zero-order valence-electron chi connectivity index (χ0n) is 13.1. The van der Waals surface area contributed by atoms with Gasteiger partial charge in [0.15, 0.2) is 0 Å². The fraction of sp³-hybridized carbons (Fsp3) is 1.00. The molecular formula is C15H31N3O. The molecule has 112 valence electrons. The van der Waals surface area contributed by atoms with Crippen LogP contribution in [-0.2, 0) is 4.74 Å². The highest BCUT2D eigenvalue weighted by Gasteiger charge is 2.38. The smallest absolute Gasteiger partial charge is 0.0594 e. The van der Waals surface area contributed by atoms with E-state index >= 15 is 0 Å². The average molecular weight is 269 g/mol. The maximum Gasteiger partial charge on any atom is 0.0594 e. The highest BCUT2D eigenvalue weighted by Crippen LogP contribution is 2.30. The van der Waals surface area contributed by atoms with Crippen LogP contribution in [0.25, 0.3) is 0 Å². The minimum atomic E-state index is 0.225. The third kappa shape index (κ3) is 3.69. The molecular weight excluding hydrogens is 238 g/mol. The lowest BCUT2D eigenvalue weighted by Gasteiger charge is -2.41. The molecule has 2 aliphatic heterocycles. The molecule has 0 saturated carbocycles. The molecule has 0 aromatic rings. The standard InChI is InChI=1S/C15H31N3O/c1-12(16)14(15(2,3)4)18-6-5-13(11-18)17-7-9-19-10-8-17/h12-14H,5-11,16H2,1-4H3. The van der Waals surface area contributed by atoms with E-state index in [0.717, 1.165) is 26.3 Å². The number of hydrogen-bond donors (Lipinski definition) is 1. The zero-order chi connectivity index (χ0) is 14.0. The summed E-state index contributed by atoms with van der Waals surface area (Å²) in [4.78, 5) is 5.22. The number of nitrogens with two attached hydrogens (primary N) is 1. The number of rotatable bonds is 3. The Morgan fingerprint density at radius 2 is 1.79 bits per heavy atom. The van der Waals surface area contributed by atoms with Crippen LogP contribution in [0.2, 0.25) is 0 Å². The first kappa shape index (κ1) is 15.2. The van der Waals surface area contributed by atoms with Gasteiger partial charge in [-0.1, -0.05) is 20.8 Å². The zero-order valence-corrected chi connectivity index (χ0v) is 13.1. The lowest BCUT2D eigenvalue weighted by atomic mass is 9.82. The number of likely N-dealkylation sites (tertiary alicyclic amines) is 1. The monoisotopic (exact) mass is 269 g/mol. The van der Waals surface area contributed by atoms with Crippen LogP contribution < -0.4 is 5.73 Å². The summed E-state index contributed by atoms with van der Waals surface area (Å²) in [5.74, 6) is 0. The molecule has 2 saturated heterocycles. The molecule has 2 aliphatic rings. The van der Waals surface area contributed by atoms with Crippen molar-refractivity contribution >= 4 is 0 Å². The van der Waals surface area contributed by atoms with E-state index in [-0.39, 0.29) is 11.5 Å². The Bertz CT molecular complexity index is 282. The van der Waals surface area contributed by atoms with Crippen molar-refractivity contribution in [1.82, 2.24) is 9.80 Å². The lowest BCUT2D eigenvalue weighted by Crippen LogP contribution is -2.54. The number of ether oxygens (including phenoxy) is 1. The van der Waals surface area contributed by atoms with Gasteiger partial charge in [-0.05, 0) is 18.8 Å². The summed E-state index contributed by atoms with van der Waals surface area (Å²) < 4.78 is 5.45. The molecule has 2 fully saturated rings. The predicted octanol–water partition coefficient (Wildman–Crippen LogP) is 1.15. The van der Waals surface area contributed by atoms with E-state index in [1.807, 2.05) is 0 Å². The van der Waals surface area contributed by atoms with Crippen LogP contribution >= 0.6 is 0 Å². The van der Waals surface area contributed by atoms with E-state index in [1.165, 1.54) is 19.5 Å². The van der Waals surface area contributed by atoms with Gasteiger partial charge in [0.25, 0.3) is 0 Å². The molecule has 4 heteroatoms. The molecule has 3 atom stereocenters. The first-order chi connectivity index (χ1) is 8.89. The van der Waals surface area contributed by atoms with E-state index in [0.29, 0.717) is 12.1 Å².